The molecule has 5 nitrogen and oxygen atoms in total. The van der Waals surface area contributed by atoms with Crippen LogP contribution in [0.15, 0.2) is 42.5 Å². The molecule has 0 spiro atoms. The van der Waals surface area contributed by atoms with Gasteiger partial charge in [0, 0.05) is 12.2 Å². The Morgan fingerprint density at radius 2 is 1.96 bits per heavy atom. The fourth-order valence-corrected chi connectivity index (χ4v) is 3.25. The number of carbonyl (C=O) groups is 1. The van der Waals surface area contributed by atoms with Gasteiger partial charge >= 0.3 is 0 Å². The van der Waals surface area contributed by atoms with E-state index in [2.05, 4.69) is 17.1 Å². The van der Waals surface area contributed by atoms with E-state index in [0.717, 1.165) is 34.9 Å². The van der Waals surface area contributed by atoms with Crippen LogP contribution in [0, 0.1) is 13.8 Å². The first kappa shape index (κ1) is 19.2. The summed E-state index contributed by atoms with van der Waals surface area (Å²) < 4.78 is 11.8. The lowest BCUT2D eigenvalue weighted by Crippen LogP contribution is -2.48. The van der Waals surface area contributed by atoms with Crippen LogP contribution in [0.5, 0.6) is 11.5 Å². The lowest BCUT2D eigenvalue weighted by molar-refractivity contribution is -0.121. The summed E-state index contributed by atoms with van der Waals surface area (Å²) in [6.07, 6.45) is -0.101. The Morgan fingerprint density at radius 3 is 2.70 bits per heavy atom. The number of likely N-dealkylation sites (N-methyl/N-ethyl adjacent to an activating group) is 1. The Bertz CT molecular complexity index is 806. The number of nitrogens with one attached hydrogen (secondary N) is 1. The van der Waals surface area contributed by atoms with Crippen molar-refractivity contribution in [3.8, 4) is 11.5 Å². The van der Waals surface area contributed by atoms with Gasteiger partial charge in [0.25, 0.3) is 0 Å². The summed E-state index contributed by atoms with van der Waals surface area (Å²) in [6, 6.07) is 13.5. The Hall–Kier alpha value is -2.53. The maximum atomic E-state index is 12.8. The number of hydrogen-bond acceptors (Lipinski definition) is 4. The molecule has 2 atom stereocenters. The van der Waals surface area contributed by atoms with Crippen LogP contribution >= 0.6 is 0 Å². The highest BCUT2D eigenvalue weighted by molar-refractivity contribution is 5.95. The molecular formula is C22H28N2O3. The van der Waals surface area contributed by atoms with Crippen molar-refractivity contribution in [2.75, 3.05) is 25.0 Å². The van der Waals surface area contributed by atoms with Crippen LogP contribution in [0.25, 0.3) is 0 Å². The fraction of sp³-hybridized carbons (Fsp3) is 0.409. The van der Waals surface area contributed by atoms with E-state index < -0.39 is 0 Å². The number of benzene rings is 2. The second kappa shape index (κ2) is 8.44. The first-order valence-electron chi connectivity index (χ1n) is 9.48. The highest BCUT2D eigenvalue weighted by Crippen LogP contribution is 2.31. The highest BCUT2D eigenvalue weighted by Gasteiger charge is 2.27. The summed E-state index contributed by atoms with van der Waals surface area (Å²) in [7, 11) is 0. The van der Waals surface area contributed by atoms with Crippen molar-refractivity contribution in [1.29, 1.82) is 0 Å². The van der Waals surface area contributed by atoms with Gasteiger partial charge in [0.05, 0.1) is 6.04 Å². The second-order valence-corrected chi connectivity index (χ2v) is 7.07. The molecule has 0 aromatic heterocycles. The molecule has 1 aliphatic rings. The van der Waals surface area contributed by atoms with Gasteiger partial charge in [0.2, 0.25) is 5.91 Å². The Balaban J connectivity index is 1.63. The zero-order valence-electron chi connectivity index (χ0n) is 16.5. The van der Waals surface area contributed by atoms with Crippen LogP contribution in [-0.2, 0) is 4.79 Å². The van der Waals surface area contributed by atoms with E-state index >= 15 is 0 Å². The van der Waals surface area contributed by atoms with Crippen molar-refractivity contribution in [3.05, 3.63) is 53.6 Å². The lowest BCUT2D eigenvalue weighted by atomic mass is 10.1. The molecule has 1 aliphatic heterocycles. The Kier molecular flexibility index (Phi) is 6.01. The van der Waals surface area contributed by atoms with Gasteiger partial charge in [-0.3, -0.25) is 9.69 Å². The molecule has 1 amide bonds. The minimum Gasteiger partial charge on any atom is -0.486 e. The van der Waals surface area contributed by atoms with Gasteiger partial charge in [-0.15, -0.1) is 0 Å². The summed E-state index contributed by atoms with van der Waals surface area (Å²) in [4.78, 5) is 14.9. The monoisotopic (exact) mass is 368 g/mol. The maximum Gasteiger partial charge on any atom is 0.241 e. The molecule has 27 heavy (non-hydrogen) atoms. The largest absolute Gasteiger partial charge is 0.486 e. The number of carbonyl (C=O) groups excluding carboxylic acids is 1. The van der Waals surface area contributed by atoms with Gasteiger partial charge in [0.15, 0.2) is 11.5 Å². The fourth-order valence-electron chi connectivity index (χ4n) is 3.25. The van der Waals surface area contributed by atoms with Crippen molar-refractivity contribution in [2.24, 2.45) is 0 Å². The SMILES string of the molecule is CCN(C[C@H]1COc2ccccc2O1)[C@H](C)C(=O)Nc1cc(C)ccc1C. The zero-order chi connectivity index (χ0) is 19.4. The quantitative estimate of drug-likeness (QED) is 0.843. The van der Waals surface area contributed by atoms with E-state index in [0.29, 0.717) is 13.2 Å². The highest BCUT2D eigenvalue weighted by atomic mass is 16.6. The van der Waals surface area contributed by atoms with Crippen LogP contribution in [0.3, 0.4) is 0 Å². The summed E-state index contributed by atoms with van der Waals surface area (Å²) in [6.45, 7) is 9.88. The zero-order valence-corrected chi connectivity index (χ0v) is 16.5. The van der Waals surface area contributed by atoms with Crippen LogP contribution < -0.4 is 14.8 Å². The van der Waals surface area contributed by atoms with Crippen LogP contribution in [0.4, 0.5) is 5.69 Å². The maximum absolute atomic E-state index is 12.8. The first-order chi connectivity index (χ1) is 13.0. The molecular weight excluding hydrogens is 340 g/mol. The third-order valence-corrected chi connectivity index (χ3v) is 4.99. The van der Waals surface area contributed by atoms with Crippen molar-refractivity contribution >= 4 is 11.6 Å². The molecule has 0 aliphatic carbocycles. The number of nitrogens with zero attached hydrogens (tertiary/aromatic N) is 1. The molecule has 1 N–H and O–H groups in total. The molecule has 3 rings (SSSR count). The average Bonchev–Trinajstić information content (AvgIpc) is 2.68. The normalized spacial score (nSPS) is 16.9. The number of anilines is 1. The van der Waals surface area contributed by atoms with Crippen molar-refractivity contribution in [3.63, 3.8) is 0 Å². The Morgan fingerprint density at radius 1 is 1.22 bits per heavy atom. The first-order valence-corrected chi connectivity index (χ1v) is 9.48. The molecule has 144 valence electrons. The third-order valence-electron chi connectivity index (χ3n) is 4.99. The number of amides is 1. The molecule has 0 fully saturated rings. The van der Waals surface area contributed by atoms with Gasteiger partial charge < -0.3 is 14.8 Å². The Labute approximate surface area is 161 Å². The van der Waals surface area contributed by atoms with E-state index in [1.165, 1.54) is 0 Å². The minimum absolute atomic E-state index is 0.0114. The van der Waals surface area contributed by atoms with E-state index in [1.54, 1.807) is 0 Å². The van der Waals surface area contributed by atoms with Crippen molar-refractivity contribution in [1.82, 2.24) is 4.90 Å². The lowest BCUT2D eigenvalue weighted by Gasteiger charge is -2.33. The van der Waals surface area contributed by atoms with Crippen molar-refractivity contribution < 1.29 is 14.3 Å². The standard InChI is InChI=1S/C22H28N2O3/c1-5-24(13-18-14-26-20-8-6-7-9-21(20)27-18)17(4)22(25)23-19-12-15(2)10-11-16(19)3/h6-12,17-18H,5,13-14H2,1-4H3,(H,23,25)/t17-,18+/m1/s1. The molecule has 2 aromatic carbocycles. The number of hydrogen-bond donors (Lipinski definition) is 1. The minimum atomic E-state index is -0.268. The van der Waals surface area contributed by atoms with Gasteiger partial charge in [-0.1, -0.05) is 31.2 Å². The van der Waals surface area contributed by atoms with E-state index in [9.17, 15) is 4.79 Å². The summed E-state index contributed by atoms with van der Waals surface area (Å²) in [5, 5.41) is 3.07. The topological polar surface area (TPSA) is 50.8 Å². The number of aryl methyl sites for hydroxylation is 2. The van der Waals surface area contributed by atoms with Crippen molar-refractivity contribution in [2.45, 2.75) is 39.8 Å². The molecule has 0 saturated carbocycles. The summed E-state index contributed by atoms with van der Waals surface area (Å²) in [5.41, 5.74) is 3.06. The van der Waals surface area contributed by atoms with Gasteiger partial charge in [-0.25, -0.2) is 0 Å². The molecule has 5 heteroatoms. The van der Waals surface area contributed by atoms with Crippen LogP contribution in [0.1, 0.15) is 25.0 Å². The number of rotatable bonds is 6. The third kappa shape index (κ3) is 4.61. The average molecular weight is 368 g/mol. The molecule has 0 saturated heterocycles. The molecule has 0 unspecified atom stereocenters. The van der Waals surface area contributed by atoms with Gasteiger partial charge in [-0.2, -0.15) is 0 Å². The second-order valence-electron chi connectivity index (χ2n) is 7.07. The predicted octanol–water partition coefficient (Wildman–Crippen LogP) is 3.79. The van der Waals surface area contributed by atoms with E-state index in [1.807, 2.05) is 63.2 Å². The molecule has 0 radical (unpaired) electrons. The number of para-hydroxylation sites is 2. The van der Waals surface area contributed by atoms with E-state index in [4.69, 9.17) is 9.47 Å². The van der Waals surface area contributed by atoms with E-state index in [-0.39, 0.29) is 18.1 Å². The predicted molar refractivity (Wildman–Crippen MR) is 108 cm³/mol. The van der Waals surface area contributed by atoms with Crippen LogP contribution in [-0.4, -0.2) is 42.6 Å². The molecule has 0 bridgehead atoms. The van der Waals surface area contributed by atoms with Gasteiger partial charge in [0.1, 0.15) is 12.7 Å². The smallest absolute Gasteiger partial charge is 0.241 e. The number of fused-ring (bicyclic) bond motifs is 1. The number of ether oxygens (including phenoxy) is 2. The van der Waals surface area contributed by atoms with Crippen LogP contribution in [0.2, 0.25) is 0 Å². The molecule has 1 heterocycles. The van der Waals surface area contributed by atoms with Gasteiger partial charge in [-0.05, 0) is 56.6 Å². The summed E-state index contributed by atoms with van der Waals surface area (Å²) in [5.74, 6) is 1.53. The molecule has 2 aromatic rings. The summed E-state index contributed by atoms with van der Waals surface area (Å²) >= 11 is 0.